The number of ether oxygens (including phenoxy) is 1. The van der Waals surface area contributed by atoms with E-state index in [0.717, 1.165) is 6.07 Å². The number of carbonyl (C=O) groups is 1. The third kappa shape index (κ3) is 4.20. The van der Waals surface area contributed by atoms with Gasteiger partial charge in [-0.15, -0.1) is 0 Å². The number of benzene rings is 2. The predicted octanol–water partition coefficient (Wildman–Crippen LogP) is 2.97. The van der Waals surface area contributed by atoms with Crippen LogP contribution >= 0.6 is 11.6 Å². The minimum absolute atomic E-state index is 0.0681. The van der Waals surface area contributed by atoms with Gasteiger partial charge < -0.3 is 15.2 Å². The van der Waals surface area contributed by atoms with Gasteiger partial charge in [-0.2, -0.15) is 0 Å². The van der Waals surface area contributed by atoms with E-state index >= 15 is 0 Å². The minimum atomic E-state index is -4.18. The molecule has 0 saturated heterocycles. The maximum Gasteiger partial charge on any atom is 0.239 e. The maximum absolute atomic E-state index is 13.0. The van der Waals surface area contributed by atoms with Gasteiger partial charge in [-0.1, -0.05) is 41.9 Å². The molecule has 1 heterocycles. The molecule has 7 nitrogen and oxygen atoms in total. The summed E-state index contributed by atoms with van der Waals surface area (Å²) >= 11 is 6.09. The topological polar surface area (TPSA) is 119 Å². The number of ketones is 1. The van der Waals surface area contributed by atoms with Crippen molar-refractivity contribution in [3.8, 4) is 0 Å². The van der Waals surface area contributed by atoms with Crippen LogP contribution < -0.4 is 10.5 Å². The SMILES string of the molecule is CC1(Nc2cc(Cl)c(S(N)(=O)=O)cc2C(=O)C(O)c2ccccc2)CC=CO1. The summed E-state index contributed by atoms with van der Waals surface area (Å²) in [6.45, 7) is 1.76. The highest BCUT2D eigenvalue weighted by atomic mass is 35.5. The number of hydrogen-bond acceptors (Lipinski definition) is 6. The smallest absolute Gasteiger partial charge is 0.239 e. The molecular formula is C19H19ClN2O5S. The van der Waals surface area contributed by atoms with Crippen molar-refractivity contribution in [3.05, 3.63) is 71.0 Å². The Balaban J connectivity index is 2.09. The number of sulfonamides is 1. The van der Waals surface area contributed by atoms with E-state index in [0.29, 0.717) is 12.0 Å². The van der Waals surface area contributed by atoms with Crippen molar-refractivity contribution in [3.63, 3.8) is 0 Å². The zero-order valence-corrected chi connectivity index (χ0v) is 16.5. The fourth-order valence-electron chi connectivity index (χ4n) is 2.90. The van der Waals surface area contributed by atoms with Gasteiger partial charge in [-0.05, 0) is 30.7 Å². The molecule has 0 spiro atoms. The van der Waals surface area contributed by atoms with E-state index in [1.807, 2.05) is 0 Å². The molecular weight excluding hydrogens is 404 g/mol. The molecule has 28 heavy (non-hydrogen) atoms. The summed E-state index contributed by atoms with van der Waals surface area (Å²) in [6.07, 6.45) is 2.34. The molecule has 0 bridgehead atoms. The van der Waals surface area contributed by atoms with E-state index in [9.17, 15) is 18.3 Å². The third-order valence-electron chi connectivity index (χ3n) is 4.34. The molecule has 2 aromatic carbocycles. The van der Waals surface area contributed by atoms with Crippen LogP contribution in [-0.4, -0.2) is 25.0 Å². The van der Waals surface area contributed by atoms with Gasteiger partial charge in [0.25, 0.3) is 0 Å². The van der Waals surface area contributed by atoms with Crippen molar-refractivity contribution in [2.45, 2.75) is 30.1 Å². The average molecular weight is 423 g/mol. The van der Waals surface area contributed by atoms with Gasteiger partial charge in [0.15, 0.2) is 11.5 Å². The van der Waals surface area contributed by atoms with Gasteiger partial charge in [-0.25, -0.2) is 13.6 Å². The lowest BCUT2D eigenvalue weighted by atomic mass is 9.98. The highest BCUT2D eigenvalue weighted by Crippen LogP contribution is 2.34. The number of primary sulfonamides is 1. The normalized spacial score (nSPS) is 19.9. The highest BCUT2D eigenvalue weighted by Gasteiger charge is 2.31. The van der Waals surface area contributed by atoms with Gasteiger partial charge in [0.05, 0.1) is 11.3 Å². The van der Waals surface area contributed by atoms with Crippen LogP contribution in [0.5, 0.6) is 0 Å². The first-order chi connectivity index (χ1) is 13.1. The standard InChI is InChI=1S/C19H19ClN2O5S/c1-19(8-5-9-27-19)22-15-11-14(20)16(28(21,25)26)10-13(15)18(24)17(23)12-6-3-2-4-7-12/h2-7,9-11,17,22-23H,8H2,1H3,(H2,21,25,26). The Bertz CT molecular complexity index is 1030. The quantitative estimate of drug-likeness (QED) is 0.616. The Morgan fingerprint density at radius 3 is 2.57 bits per heavy atom. The predicted molar refractivity (Wildman–Crippen MR) is 105 cm³/mol. The first-order valence-corrected chi connectivity index (χ1v) is 10.3. The fourth-order valence-corrected chi connectivity index (χ4v) is 4.00. The molecule has 0 aliphatic carbocycles. The number of anilines is 1. The van der Waals surface area contributed by atoms with E-state index in [-0.39, 0.29) is 16.3 Å². The first-order valence-electron chi connectivity index (χ1n) is 8.35. The molecule has 2 atom stereocenters. The summed E-state index contributed by atoms with van der Waals surface area (Å²) in [7, 11) is -4.18. The lowest BCUT2D eigenvalue weighted by Crippen LogP contribution is -2.34. The molecule has 9 heteroatoms. The zero-order chi connectivity index (χ0) is 20.5. The van der Waals surface area contributed by atoms with E-state index in [1.165, 1.54) is 12.3 Å². The van der Waals surface area contributed by atoms with Crippen LogP contribution in [0, 0.1) is 0 Å². The minimum Gasteiger partial charge on any atom is -0.476 e. The van der Waals surface area contributed by atoms with Gasteiger partial charge >= 0.3 is 0 Å². The van der Waals surface area contributed by atoms with Crippen LogP contribution in [-0.2, 0) is 14.8 Å². The fraction of sp³-hybridized carbons (Fsp3) is 0.211. The summed E-state index contributed by atoms with van der Waals surface area (Å²) in [6, 6.07) is 10.7. The molecule has 148 valence electrons. The molecule has 0 radical (unpaired) electrons. The zero-order valence-electron chi connectivity index (χ0n) is 14.9. The number of carbonyl (C=O) groups excluding carboxylic acids is 1. The summed E-state index contributed by atoms with van der Waals surface area (Å²) in [5, 5.41) is 18.6. The Morgan fingerprint density at radius 2 is 2.00 bits per heavy atom. The summed E-state index contributed by atoms with van der Waals surface area (Å²) in [5.41, 5.74) is -0.320. The van der Waals surface area contributed by atoms with Crippen molar-refractivity contribution in [1.29, 1.82) is 0 Å². The third-order valence-corrected chi connectivity index (χ3v) is 5.71. The first kappa shape index (κ1) is 20.3. The average Bonchev–Trinajstić information content (AvgIpc) is 3.06. The summed E-state index contributed by atoms with van der Waals surface area (Å²) in [4.78, 5) is 12.6. The lowest BCUT2D eigenvalue weighted by molar-refractivity contribution is 0.0745. The van der Waals surface area contributed by atoms with Crippen molar-refractivity contribution in [2.24, 2.45) is 5.14 Å². The molecule has 3 rings (SSSR count). The Morgan fingerprint density at radius 1 is 1.32 bits per heavy atom. The van der Waals surface area contributed by atoms with Crippen molar-refractivity contribution >= 4 is 33.1 Å². The maximum atomic E-state index is 13.0. The molecule has 2 aromatic rings. The molecule has 4 N–H and O–H groups in total. The Labute approximate surface area is 167 Å². The second-order valence-electron chi connectivity index (χ2n) is 6.60. The number of hydrogen-bond donors (Lipinski definition) is 3. The number of halogens is 1. The van der Waals surface area contributed by atoms with Crippen LogP contribution in [0.3, 0.4) is 0 Å². The number of Topliss-reactive ketones (excluding diaryl/α,β-unsaturated/α-hetero) is 1. The number of aliphatic hydroxyl groups excluding tert-OH is 1. The largest absolute Gasteiger partial charge is 0.476 e. The van der Waals surface area contributed by atoms with Crippen LogP contribution in [0.2, 0.25) is 5.02 Å². The van der Waals surface area contributed by atoms with E-state index < -0.39 is 32.5 Å². The number of nitrogens with one attached hydrogen (secondary N) is 1. The number of aliphatic hydroxyl groups is 1. The van der Waals surface area contributed by atoms with E-state index in [4.69, 9.17) is 21.5 Å². The van der Waals surface area contributed by atoms with E-state index in [1.54, 1.807) is 43.3 Å². The van der Waals surface area contributed by atoms with E-state index in [2.05, 4.69) is 5.32 Å². The van der Waals surface area contributed by atoms with Crippen molar-refractivity contribution in [2.75, 3.05) is 5.32 Å². The number of rotatable bonds is 6. The second kappa shape index (κ2) is 7.56. The van der Waals surface area contributed by atoms with Gasteiger partial charge in [0.2, 0.25) is 10.0 Å². The molecule has 0 fully saturated rings. The van der Waals surface area contributed by atoms with Gasteiger partial charge in [0, 0.05) is 17.7 Å². The van der Waals surface area contributed by atoms with Crippen molar-refractivity contribution < 1.29 is 23.1 Å². The summed E-state index contributed by atoms with van der Waals surface area (Å²) in [5.74, 6) is -0.704. The second-order valence-corrected chi connectivity index (χ2v) is 8.54. The van der Waals surface area contributed by atoms with Crippen LogP contribution in [0.1, 0.15) is 35.4 Å². The van der Waals surface area contributed by atoms with Crippen LogP contribution in [0.25, 0.3) is 0 Å². The monoisotopic (exact) mass is 422 g/mol. The Kier molecular flexibility index (Phi) is 5.49. The molecule has 1 aliphatic heterocycles. The van der Waals surface area contributed by atoms with Crippen molar-refractivity contribution in [1.82, 2.24) is 0 Å². The number of nitrogens with two attached hydrogens (primary N) is 1. The molecule has 0 amide bonds. The molecule has 2 unspecified atom stereocenters. The molecule has 0 saturated carbocycles. The highest BCUT2D eigenvalue weighted by molar-refractivity contribution is 7.89. The molecule has 0 aromatic heterocycles. The van der Waals surface area contributed by atoms with Gasteiger partial charge in [-0.3, -0.25) is 4.79 Å². The lowest BCUT2D eigenvalue weighted by Gasteiger charge is -2.28. The Hall–Kier alpha value is -2.39. The molecule has 1 aliphatic rings. The van der Waals surface area contributed by atoms with Crippen LogP contribution in [0.15, 0.2) is 59.7 Å². The van der Waals surface area contributed by atoms with Gasteiger partial charge in [0.1, 0.15) is 11.0 Å². The van der Waals surface area contributed by atoms with Crippen LogP contribution in [0.4, 0.5) is 5.69 Å². The summed E-state index contributed by atoms with van der Waals surface area (Å²) < 4.78 is 29.2.